The van der Waals surface area contributed by atoms with Crippen LogP contribution in [0.3, 0.4) is 0 Å². The third-order valence-corrected chi connectivity index (χ3v) is 2.27. The maximum atomic E-state index is 11.6. The Hall–Kier alpha value is -2.37. The molecule has 2 aromatic rings. The van der Waals surface area contributed by atoms with Crippen LogP contribution in [-0.2, 0) is 7.05 Å². The van der Waals surface area contributed by atoms with Crippen LogP contribution in [0.2, 0.25) is 0 Å². The summed E-state index contributed by atoms with van der Waals surface area (Å²) in [5.41, 5.74) is 0.216. The average Bonchev–Trinajstić information content (AvgIpc) is 2.60. The Bertz CT molecular complexity index is 597. The highest BCUT2D eigenvalue weighted by Crippen LogP contribution is 2.15. The van der Waals surface area contributed by atoms with Crippen LogP contribution in [0.4, 0.5) is 5.69 Å². The molecular weight excluding hydrogens is 210 g/mol. The van der Waals surface area contributed by atoms with Gasteiger partial charge in [0.1, 0.15) is 0 Å². The lowest BCUT2D eigenvalue weighted by Gasteiger charge is -2.00. The van der Waals surface area contributed by atoms with Crippen molar-refractivity contribution in [3.05, 3.63) is 57.3 Å². The second kappa shape index (κ2) is 3.65. The quantitative estimate of drug-likeness (QED) is 0.560. The fourth-order valence-electron chi connectivity index (χ4n) is 1.42. The van der Waals surface area contributed by atoms with Crippen LogP contribution in [0.15, 0.2) is 41.5 Å². The topological polar surface area (TPSA) is 70.1 Å². The summed E-state index contributed by atoms with van der Waals surface area (Å²) in [5, 5.41) is 10.6. The molecule has 1 heterocycles. The zero-order valence-electron chi connectivity index (χ0n) is 8.53. The van der Waals surface area contributed by atoms with Crippen LogP contribution >= 0.6 is 0 Å². The summed E-state index contributed by atoms with van der Waals surface area (Å²) in [4.78, 5) is 21.7. The highest BCUT2D eigenvalue weighted by molar-refractivity contribution is 5.42. The molecule has 1 aromatic heterocycles. The first-order valence-electron chi connectivity index (χ1n) is 4.58. The predicted molar refractivity (Wildman–Crippen MR) is 57.7 cm³/mol. The van der Waals surface area contributed by atoms with Crippen molar-refractivity contribution >= 4 is 5.69 Å². The molecule has 0 aliphatic heterocycles. The monoisotopic (exact) mass is 219 g/mol. The van der Waals surface area contributed by atoms with Gasteiger partial charge in [-0.3, -0.25) is 14.7 Å². The molecule has 0 atom stereocenters. The smallest absolute Gasteiger partial charge is 0.302 e. The number of aryl methyl sites for hydroxylation is 1. The van der Waals surface area contributed by atoms with Gasteiger partial charge in [-0.15, -0.1) is 0 Å². The fraction of sp³-hybridized carbons (Fsp3) is 0.100. The van der Waals surface area contributed by atoms with Gasteiger partial charge >= 0.3 is 5.69 Å². The normalized spacial score (nSPS) is 10.3. The number of nitro benzene ring substituents is 1. The van der Waals surface area contributed by atoms with E-state index in [2.05, 4.69) is 0 Å². The molecule has 82 valence electrons. The lowest BCUT2D eigenvalue weighted by Crippen LogP contribution is -2.20. The lowest BCUT2D eigenvalue weighted by molar-refractivity contribution is -0.384. The zero-order chi connectivity index (χ0) is 11.7. The molecule has 0 fully saturated rings. The Morgan fingerprint density at radius 2 is 2.06 bits per heavy atom. The van der Waals surface area contributed by atoms with Crippen LogP contribution in [0.25, 0.3) is 5.69 Å². The van der Waals surface area contributed by atoms with E-state index in [0.29, 0.717) is 5.69 Å². The summed E-state index contributed by atoms with van der Waals surface area (Å²) >= 11 is 0. The molecular formula is C10H9N3O3. The third kappa shape index (κ3) is 1.60. The van der Waals surface area contributed by atoms with Crippen molar-refractivity contribution in [2.24, 2.45) is 7.05 Å². The van der Waals surface area contributed by atoms with Gasteiger partial charge in [0.25, 0.3) is 5.69 Å². The number of benzene rings is 1. The minimum Gasteiger partial charge on any atom is -0.302 e. The number of nitro groups is 1. The van der Waals surface area contributed by atoms with E-state index < -0.39 is 4.92 Å². The van der Waals surface area contributed by atoms with E-state index in [1.54, 1.807) is 31.6 Å². The second-order valence-corrected chi connectivity index (χ2v) is 3.34. The Labute approximate surface area is 90.5 Å². The number of aromatic nitrogens is 2. The van der Waals surface area contributed by atoms with E-state index in [-0.39, 0.29) is 11.4 Å². The summed E-state index contributed by atoms with van der Waals surface area (Å²) in [6, 6.07) is 5.94. The van der Waals surface area contributed by atoms with Crippen molar-refractivity contribution in [1.82, 2.24) is 9.13 Å². The average molecular weight is 219 g/mol. The number of imidazole rings is 1. The molecule has 0 spiro atoms. The van der Waals surface area contributed by atoms with Crippen molar-refractivity contribution in [3.63, 3.8) is 0 Å². The number of rotatable bonds is 2. The van der Waals surface area contributed by atoms with E-state index in [0.717, 1.165) is 0 Å². The predicted octanol–water partition coefficient (Wildman–Crippen LogP) is 1.08. The molecule has 6 nitrogen and oxygen atoms in total. The van der Waals surface area contributed by atoms with Crippen LogP contribution in [-0.4, -0.2) is 14.1 Å². The Kier molecular flexibility index (Phi) is 2.32. The molecule has 0 amide bonds. The first kappa shape index (κ1) is 10.2. The summed E-state index contributed by atoms with van der Waals surface area (Å²) in [6.07, 6.45) is 3.17. The van der Waals surface area contributed by atoms with E-state index >= 15 is 0 Å². The van der Waals surface area contributed by atoms with Gasteiger partial charge in [-0.1, -0.05) is 6.07 Å². The molecule has 2 rings (SSSR count). The van der Waals surface area contributed by atoms with Crippen molar-refractivity contribution in [2.75, 3.05) is 0 Å². The van der Waals surface area contributed by atoms with Gasteiger partial charge in [0.2, 0.25) is 0 Å². The van der Waals surface area contributed by atoms with Crippen molar-refractivity contribution < 1.29 is 4.92 Å². The highest BCUT2D eigenvalue weighted by Gasteiger charge is 2.08. The minimum atomic E-state index is -0.489. The molecule has 0 saturated carbocycles. The standard InChI is InChI=1S/C10H9N3O3/c1-11-5-6-12(10(11)14)8-3-2-4-9(7-8)13(15)16/h2-7H,1H3. The first-order chi connectivity index (χ1) is 7.59. The fourth-order valence-corrected chi connectivity index (χ4v) is 1.42. The van der Waals surface area contributed by atoms with Gasteiger partial charge < -0.3 is 4.57 Å². The number of hydrogen-bond donors (Lipinski definition) is 0. The molecule has 0 unspecified atom stereocenters. The highest BCUT2D eigenvalue weighted by atomic mass is 16.6. The largest absolute Gasteiger partial charge is 0.332 e. The summed E-state index contributed by atoms with van der Waals surface area (Å²) in [5.74, 6) is 0. The van der Waals surface area contributed by atoms with Gasteiger partial charge in [-0.05, 0) is 6.07 Å². The molecule has 0 radical (unpaired) electrons. The molecule has 16 heavy (non-hydrogen) atoms. The SMILES string of the molecule is Cn1ccn(-c2cccc([N+](=O)[O-])c2)c1=O. The molecule has 0 bridgehead atoms. The Morgan fingerprint density at radius 3 is 2.62 bits per heavy atom. The maximum absolute atomic E-state index is 11.6. The van der Waals surface area contributed by atoms with Gasteiger partial charge in [-0.2, -0.15) is 0 Å². The van der Waals surface area contributed by atoms with Gasteiger partial charge in [-0.25, -0.2) is 4.79 Å². The van der Waals surface area contributed by atoms with E-state index in [4.69, 9.17) is 0 Å². The lowest BCUT2D eigenvalue weighted by atomic mass is 10.3. The summed E-state index contributed by atoms with van der Waals surface area (Å²) in [6.45, 7) is 0. The molecule has 1 aromatic carbocycles. The van der Waals surface area contributed by atoms with Crippen molar-refractivity contribution in [1.29, 1.82) is 0 Å². The zero-order valence-corrected chi connectivity index (χ0v) is 8.53. The minimum absolute atomic E-state index is 0.0340. The van der Waals surface area contributed by atoms with E-state index in [1.807, 2.05) is 0 Å². The molecule has 0 aliphatic carbocycles. The van der Waals surface area contributed by atoms with Crippen LogP contribution < -0.4 is 5.69 Å². The molecule has 0 aliphatic rings. The summed E-state index contributed by atoms with van der Waals surface area (Å²) < 4.78 is 2.76. The van der Waals surface area contributed by atoms with E-state index in [9.17, 15) is 14.9 Å². The van der Waals surface area contributed by atoms with Gasteiger partial charge in [0.15, 0.2) is 0 Å². The van der Waals surface area contributed by atoms with Gasteiger partial charge in [0, 0.05) is 31.6 Å². The van der Waals surface area contributed by atoms with Crippen molar-refractivity contribution in [2.45, 2.75) is 0 Å². The maximum Gasteiger partial charge on any atom is 0.332 e. The Balaban J connectivity index is 2.57. The number of non-ortho nitro benzene ring substituents is 1. The van der Waals surface area contributed by atoms with Crippen LogP contribution in [0.1, 0.15) is 0 Å². The number of nitrogens with zero attached hydrogens (tertiary/aromatic N) is 3. The molecule has 0 N–H and O–H groups in total. The van der Waals surface area contributed by atoms with Crippen LogP contribution in [0, 0.1) is 10.1 Å². The Morgan fingerprint density at radius 1 is 1.31 bits per heavy atom. The third-order valence-electron chi connectivity index (χ3n) is 2.27. The van der Waals surface area contributed by atoms with E-state index in [1.165, 1.54) is 21.3 Å². The first-order valence-corrected chi connectivity index (χ1v) is 4.58. The molecule has 6 heteroatoms. The van der Waals surface area contributed by atoms with Gasteiger partial charge in [0.05, 0.1) is 10.6 Å². The van der Waals surface area contributed by atoms with Crippen molar-refractivity contribution in [3.8, 4) is 5.69 Å². The number of hydrogen-bond acceptors (Lipinski definition) is 3. The second-order valence-electron chi connectivity index (χ2n) is 3.34. The van der Waals surface area contributed by atoms with Crippen LogP contribution in [0.5, 0.6) is 0 Å². The molecule has 0 saturated heterocycles. The summed E-state index contributed by atoms with van der Waals surface area (Å²) in [7, 11) is 1.62.